The molecule has 1 aromatic carbocycles. The van der Waals surface area contributed by atoms with E-state index in [0.29, 0.717) is 30.0 Å². The number of hydrogen-bond donors (Lipinski definition) is 1. The highest BCUT2D eigenvalue weighted by molar-refractivity contribution is 5.94. The average molecular weight is 402 g/mol. The third kappa shape index (κ3) is 7.40. The van der Waals surface area contributed by atoms with Crippen LogP contribution in [-0.4, -0.2) is 36.0 Å². The third-order valence-corrected chi connectivity index (χ3v) is 3.96. The molecular weight excluding hydrogens is 376 g/mol. The summed E-state index contributed by atoms with van der Waals surface area (Å²) in [5.74, 6) is -0.189. The average Bonchev–Trinajstić information content (AvgIpc) is 3.13. The molecule has 2 rings (SSSR count). The number of aromatic nitrogens is 1. The maximum atomic E-state index is 11.8. The van der Waals surface area contributed by atoms with Crippen molar-refractivity contribution in [3.63, 3.8) is 0 Å². The zero-order chi connectivity index (χ0) is 21.4. The molecule has 0 aliphatic carbocycles. The summed E-state index contributed by atoms with van der Waals surface area (Å²) >= 11 is 0. The summed E-state index contributed by atoms with van der Waals surface area (Å²) in [7, 11) is 0. The number of Topliss-reactive ketones (excluding diaryl/α,β-unsaturated/α-hetero) is 1. The summed E-state index contributed by atoms with van der Waals surface area (Å²) in [6, 6.07) is 8.41. The minimum Gasteiger partial charge on any atom is -0.494 e. The smallest absolute Gasteiger partial charge is 0.306 e. The van der Waals surface area contributed by atoms with Crippen molar-refractivity contribution in [1.29, 1.82) is 0 Å². The van der Waals surface area contributed by atoms with Crippen LogP contribution in [0.15, 0.2) is 34.9 Å². The molecule has 1 heterocycles. The Balaban J connectivity index is 1.63. The summed E-state index contributed by atoms with van der Waals surface area (Å²) in [6.45, 7) is 7.33. The fraction of sp³-hybridized carbons (Fsp3) is 0.429. The van der Waals surface area contributed by atoms with Gasteiger partial charge < -0.3 is 14.0 Å². The number of anilines is 1. The van der Waals surface area contributed by atoms with Gasteiger partial charge in [-0.25, -0.2) is 0 Å². The van der Waals surface area contributed by atoms with Gasteiger partial charge in [-0.1, -0.05) is 25.9 Å². The number of amides is 1. The first kappa shape index (κ1) is 22.1. The van der Waals surface area contributed by atoms with E-state index in [1.807, 2.05) is 20.8 Å². The summed E-state index contributed by atoms with van der Waals surface area (Å²) in [5, 5.41) is 6.39. The topological polar surface area (TPSA) is 108 Å². The molecule has 0 saturated carbocycles. The SMILES string of the molecule is CC(=O)c1ccc(OCCCC(=O)OCC(=O)Nc2cc(C(C)(C)C)no2)cc1. The molecule has 0 atom stereocenters. The number of carbonyl (C=O) groups is 3. The second-order valence-corrected chi connectivity index (χ2v) is 7.57. The van der Waals surface area contributed by atoms with Crippen LogP contribution in [0.2, 0.25) is 0 Å². The first-order chi connectivity index (χ1) is 13.6. The molecular formula is C21H26N2O6. The molecule has 8 nitrogen and oxygen atoms in total. The molecule has 0 unspecified atom stereocenters. The predicted molar refractivity (Wildman–Crippen MR) is 106 cm³/mol. The van der Waals surface area contributed by atoms with Crippen molar-refractivity contribution in [3.8, 4) is 5.75 Å². The molecule has 0 bridgehead atoms. The Bertz CT molecular complexity index is 849. The predicted octanol–water partition coefficient (Wildman–Crippen LogP) is 3.52. The number of ether oxygens (including phenoxy) is 2. The van der Waals surface area contributed by atoms with Crippen LogP contribution in [-0.2, 0) is 19.7 Å². The van der Waals surface area contributed by atoms with Crippen molar-refractivity contribution >= 4 is 23.5 Å². The van der Waals surface area contributed by atoms with Gasteiger partial charge in [0, 0.05) is 23.5 Å². The minimum absolute atomic E-state index is 0.0127. The van der Waals surface area contributed by atoms with Gasteiger partial charge in [-0.15, -0.1) is 0 Å². The van der Waals surface area contributed by atoms with Crippen LogP contribution in [0.4, 0.5) is 5.88 Å². The quantitative estimate of drug-likeness (QED) is 0.388. The molecule has 0 saturated heterocycles. The monoisotopic (exact) mass is 402 g/mol. The molecule has 1 amide bonds. The van der Waals surface area contributed by atoms with Crippen LogP contribution in [0.1, 0.15) is 56.6 Å². The van der Waals surface area contributed by atoms with Crippen LogP contribution < -0.4 is 10.1 Å². The second kappa shape index (κ2) is 9.86. The molecule has 0 aliphatic heterocycles. The largest absolute Gasteiger partial charge is 0.494 e. The van der Waals surface area contributed by atoms with E-state index in [1.54, 1.807) is 30.3 Å². The lowest BCUT2D eigenvalue weighted by Gasteiger charge is -2.12. The number of nitrogens with zero attached hydrogens (tertiary/aromatic N) is 1. The molecule has 2 aromatic rings. The zero-order valence-corrected chi connectivity index (χ0v) is 17.1. The highest BCUT2D eigenvalue weighted by Gasteiger charge is 2.20. The van der Waals surface area contributed by atoms with Crippen LogP contribution in [0.3, 0.4) is 0 Å². The molecule has 29 heavy (non-hydrogen) atoms. The number of rotatable bonds is 9. The molecule has 156 valence electrons. The third-order valence-electron chi connectivity index (χ3n) is 3.96. The lowest BCUT2D eigenvalue weighted by atomic mass is 9.92. The number of nitrogens with one attached hydrogen (secondary N) is 1. The van der Waals surface area contributed by atoms with Gasteiger partial charge in [-0.05, 0) is 37.6 Å². The molecule has 8 heteroatoms. The fourth-order valence-corrected chi connectivity index (χ4v) is 2.27. The maximum Gasteiger partial charge on any atom is 0.306 e. The highest BCUT2D eigenvalue weighted by Crippen LogP contribution is 2.23. The van der Waals surface area contributed by atoms with E-state index in [2.05, 4.69) is 10.5 Å². The molecule has 0 radical (unpaired) electrons. The Morgan fingerprint density at radius 2 is 1.83 bits per heavy atom. The van der Waals surface area contributed by atoms with Gasteiger partial charge in [0.1, 0.15) is 5.75 Å². The molecule has 0 fully saturated rings. The zero-order valence-electron chi connectivity index (χ0n) is 17.1. The number of ketones is 1. The van der Waals surface area contributed by atoms with E-state index >= 15 is 0 Å². The van der Waals surface area contributed by atoms with E-state index in [4.69, 9.17) is 14.0 Å². The molecule has 1 N–H and O–H groups in total. The lowest BCUT2D eigenvalue weighted by Crippen LogP contribution is -2.20. The van der Waals surface area contributed by atoms with Crippen LogP contribution in [0.25, 0.3) is 0 Å². The van der Waals surface area contributed by atoms with Crippen molar-refractivity contribution in [2.24, 2.45) is 0 Å². The summed E-state index contributed by atoms with van der Waals surface area (Å²) in [5.41, 5.74) is 1.12. The summed E-state index contributed by atoms with van der Waals surface area (Å²) in [6.07, 6.45) is 0.557. The van der Waals surface area contributed by atoms with Crippen LogP contribution in [0.5, 0.6) is 5.75 Å². The lowest BCUT2D eigenvalue weighted by molar-refractivity contribution is -0.147. The first-order valence-electron chi connectivity index (χ1n) is 9.31. The number of carbonyl (C=O) groups excluding carboxylic acids is 3. The number of hydrogen-bond acceptors (Lipinski definition) is 7. The van der Waals surface area contributed by atoms with Gasteiger partial charge in [0.25, 0.3) is 5.91 Å². The van der Waals surface area contributed by atoms with E-state index < -0.39 is 18.5 Å². The van der Waals surface area contributed by atoms with Gasteiger partial charge in [-0.3, -0.25) is 19.7 Å². The Morgan fingerprint density at radius 1 is 1.14 bits per heavy atom. The fourth-order valence-electron chi connectivity index (χ4n) is 2.27. The van der Waals surface area contributed by atoms with E-state index in [-0.39, 0.29) is 23.5 Å². The van der Waals surface area contributed by atoms with E-state index in [1.165, 1.54) is 6.92 Å². The maximum absolute atomic E-state index is 11.8. The van der Waals surface area contributed by atoms with E-state index in [0.717, 1.165) is 0 Å². The second-order valence-electron chi connectivity index (χ2n) is 7.57. The van der Waals surface area contributed by atoms with Crippen LogP contribution in [0, 0.1) is 0 Å². The van der Waals surface area contributed by atoms with Gasteiger partial charge in [0.15, 0.2) is 12.4 Å². The normalized spacial score (nSPS) is 11.0. The van der Waals surface area contributed by atoms with Crippen molar-refractivity contribution in [2.45, 2.75) is 46.0 Å². The summed E-state index contributed by atoms with van der Waals surface area (Å²) < 4.78 is 15.5. The Morgan fingerprint density at radius 3 is 2.41 bits per heavy atom. The van der Waals surface area contributed by atoms with Crippen molar-refractivity contribution in [2.75, 3.05) is 18.5 Å². The van der Waals surface area contributed by atoms with Gasteiger partial charge in [0.2, 0.25) is 5.88 Å². The Hall–Kier alpha value is -3.16. The van der Waals surface area contributed by atoms with Crippen molar-refractivity contribution < 1.29 is 28.4 Å². The summed E-state index contributed by atoms with van der Waals surface area (Å²) in [4.78, 5) is 34.8. The Kier molecular flexibility index (Phi) is 7.52. The minimum atomic E-state index is -0.503. The van der Waals surface area contributed by atoms with Gasteiger partial charge in [-0.2, -0.15) is 0 Å². The van der Waals surface area contributed by atoms with Crippen LogP contribution >= 0.6 is 0 Å². The highest BCUT2D eigenvalue weighted by atomic mass is 16.5. The van der Waals surface area contributed by atoms with Gasteiger partial charge >= 0.3 is 5.97 Å². The number of esters is 1. The molecule has 1 aromatic heterocycles. The van der Waals surface area contributed by atoms with Crippen molar-refractivity contribution in [3.05, 3.63) is 41.6 Å². The first-order valence-corrected chi connectivity index (χ1v) is 9.31. The Labute approximate surface area is 169 Å². The van der Waals surface area contributed by atoms with Crippen molar-refractivity contribution in [1.82, 2.24) is 5.16 Å². The number of benzene rings is 1. The molecule has 0 spiro atoms. The van der Waals surface area contributed by atoms with Gasteiger partial charge in [0.05, 0.1) is 12.3 Å². The standard InChI is InChI=1S/C21H26N2O6/c1-14(24)15-7-9-16(10-8-15)27-11-5-6-20(26)28-13-18(25)22-19-12-17(23-29-19)21(2,3)4/h7-10,12H,5-6,11,13H2,1-4H3,(H,22,25). The molecule has 0 aliphatic rings. The van der Waals surface area contributed by atoms with E-state index in [9.17, 15) is 14.4 Å².